The third kappa shape index (κ3) is 4.70. The van der Waals surface area contributed by atoms with E-state index in [1.165, 1.54) is 23.3 Å². The molecule has 1 atom stereocenters. The van der Waals surface area contributed by atoms with Crippen LogP contribution >= 0.6 is 0 Å². The third-order valence-corrected chi connectivity index (χ3v) is 7.02. The van der Waals surface area contributed by atoms with Crippen LogP contribution < -0.4 is 5.32 Å². The zero-order valence-electron chi connectivity index (χ0n) is 18.9. The van der Waals surface area contributed by atoms with Gasteiger partial charge in [0.25, 0.3) is 5.91 Å². The normalized spacial score (nSPS) is 19.2. The lowest BCUT2D eigenvalue weighted by Gasteiger charge is -2.40. The average Bonchev–Trinajstić information content (AvgIpc) is 3.07. The van der Waals surface area contributed by atoms with Gasteiger partial charge >= 0.3 is 0 Å². The van der Waals surface area contributed by atoms with Crippen LogP contribution in [-0.4, -0.2) is 61.9 Å². The lowest BCUT2D eigenvalue weighted by atomic mass is 9.73. The molecule has 1 heterocycles. The molecule has 0 saturated carbocycles. The molecule has 1 spiro atoms. The monoisotopic (exact) mass is 437 g/mol. The molecule has 2 amide bonds. The molecule has 1 aliphatic carbocycles. The van der Waals surface area contributed by atoms with Gasteiger partial charge in [-0.15, -0.1) is 0 Å². The molecule has 6 heteroatoms. The van der Waals surface area contributed by atoms with E-state index < -0.39 is 0 Å². The second kappa shape index (κ2) is 9.41. The predicted molar refractivity (Wildman–Crippen MR) is 123 cm³/mol. The number of piperidine rings is 1. The molecular formula is C26H32FN3O2. The van der Waals surface area contributed by atoms with Crippen LogP contribution in [0.5, 0.6) is 0 Å². The molecule has 0 radical (unpaired) electrons. The minimum Gasteiger partial charge on any atom is -0.355 e. The molecule has 2 aromatic rings. The number of halogens is 1. The molecule has 1 aliphatic heterocycles. The van der Waals surface area contributed by atoms with Gasteiger partial charge in [0.05, 0.1) is 0 Å². The summed E-state index contributed by atoms with van der Waals surface area (Å²) in [4.78, 5) is 29.4. The van der Waals surface area contributed by atoms with Gasteiger partial charge in [0.1, 0.15) is 5.82 Å². The Bertz CT molecular complexity index is 965. The second-order valence-electron chi connectivity index (χ2n) is 9.43. The molecule has 5 nitrogen and oxygen atoms in total. The van der Waals surface area contributed by atoms with Crippen molar-refractivity contribution in [2.45, 2.75) is 37.0 Å². The highest BCUT2D eigenvalue weighted by atomic mass is 19.1. The smallest absolute Gasteiger partial charge is 0.253 e. The van der Waals surface area contributed by atoms with Gasteiger partial charge in [0.15, 0.2) is 0 Å². The zero-order valence-corrected chi connectivity index (χ0v) is 18.9. The number of amides is 2. The number of carbonyl (C=O) groups excluding carboxylic acids is 2. The van der Waals surface area contributed by atoms with E-state index in [4.69, 9.17) is 0 Å². The highest BCUT2D eigenvalue weighted by Crippen LogP contribution is 2.52. The fraction of sp³-hybridized carbons (Fsp3) is 0.462. The van der Waals surface area contributed by atoms with E-state index in [0.29, 0.717) is 31.6 Å². The Kier molecular flexibility index (Phi) is 6.60. The minimum absolute atomic E-state index is 0.0186. The van der Waals surface area contributed by atoms with Crippen LogP contribution in [0.15, 0.2) is 48.5 Å². The minimum atomic E-state index is -0.335. The van der Waals surface area contributed by atoms with Gasteiger partial charge in [-0.3, -0.25) is 9.59 Å². The summed E-state index contributed by atoms with van der Waals surface area (Å²) in [7, 11) is 3.99. The van der Waals surface area contributed by atoms with Crippen molar-refractivity contribution in [3.63, 3.8) is 0 Å². The number of hydrogen-bond donors (Lipinski definition) is 1. The van der Waals surface area contributed by atoms with Crippen molar-refractivity contribution in [3.8, 4) is 0 Å². The number of likely N-dealkylation sites (N-methyl/N-ethyl adjacent to an activating group) is 1. The Morgan fingerprint density at radius 2 is 1.78 bits per heavy atom. The molecule has 32 heavy (non-hydrogen) atoms. The molecule has 170 valence electrons. The highest BCUT2D eigenvalue weighted by molar-refractivity contribution is 5.94. The van der Waals surface area contributed by atoms with E-state index in [1.54, 1.807) is 12.1 Å². The molecule has 0 aromatic heterocycles. The Balaban J connectivity index is 1.42. The van der Waals surface area contributed by atoms with Gasteiger partial charge in [-0.05, 0) is 80.1 Å². The molecule has 1 N–H and O–H groups in total. The first-order valence-electron chi connectivity index (χ1n) is 11.4. The Morgan fingerprint density at radius 1 is 1.09 bits per heavy atom. The third-order valence-electron chi connectivity index (χ3n) is 7.02. The van der Waals surface area contributed by atoms with E-state index in [0.717, 1.165) is 25.8 Å². The van der Waals surface area contributed by atoms with Crippen molar-refractivity contribution in [2.24, 2.45) is 0 Å². The van der Waals surface area contributed by atoms with Gasteiger partial charge in [0, 0.05) is 38.2 Å². The molecule has 1 fully saturated rings. The summed E-state index contributed by atoms with van der Waals surface area (Å²) >= 11 is 0. The standard InChI is InChI=1S/C26H32FN3O2/c1-29(2)16-13-28-24(31)17-20-18-26(23-6-4-3-5-22(20)23)11-14-30(15-12-26)25(32)19-7-9-21(27)10-8-19/h3-10,20H,11-18H2,1-2H3,(H,28,31)/t20-/m0/s1. The predicted octanol–water partition coefficient (Wildman–Crippen LogP) is 3.55. The van der Waals surface area contributed by atoms with Gasteiger partial charge in [-0.1, -0.05) is 24.3 Å². The van der Waals surface area contributed by atoms with Crippen molar-refractivity contribution in [1.82, 2.24) is 15.1 Å². The van der Waals surface area contributed by atoms with Crippen LogP contribution in [0.4, 0.5) is 4.39 Å². The van der Waals surface area contributed by atoms with Crippen molar-refractivity contribution in [2.75, 3.05) is 40.3 Å². The number of rotatable bonds is 6. The fourth-order valence-electron chi connectivity index (χ4n) is 5.31. The summed E-state index contributed by atoms with van der Waals surface area (Å²) < 4.78 is 13.2. The maximum absolute atomic E-state index is 13.2. The Hall–Kier alpha value is -2.73. The number of likely N-dealkylation sites (tertiary alicyclic amines) is 1. The summed E-state index contributed by atoms with van der Waals surface area (Å²) in [5.41, 5.74) is 3.18. The quantitative estimate of drug-likeness (QED) is 0.752. The molecule has 4 rings (SSSR count). The van der Waals surface area contributed by atoms with Crippen molar-refractivity contribution >= 4 is 11.8 Å². The lowest BCUT2D eigenvalue weighted by molar-refractivity contribution is -0.121. The lowest BCUT2D eigenvalue weighted by Crippen LogP contribution is -2.44. The summed E-state index contributed by atoms with van der Waals surface area (Å²) in [6, 6.07) is 14.3. The largest absolute Gasteiger partial charge is 0.355 e. The first-order valence-corrected chi connectivity index (χ1v) is 11.4. The van der Waals surface area contributed by atoms with Gasteiger partial charge in [-0.2, -0.15) is 0 Å². The van der Waals surface area contributed by atoms with Crippen LogP contribution in [0.2, 0.25) is 0 Å². The van der Waals surface area contributed by atoms with Crippen LogP contribution in [0.1, 0.15) is 53.1 Å². The molecule has 0 bridgehead atoms. The van der Waals surface area contributed by atoms with E-state index in [2.05, 4.69) is 34.5 Å². The second-order valence-corrected chi connectivity index (χ2v) is 9.43. The van der Waals surface area contributed by atoms with Crippen molar-refractivity contribution < 1.29 is 14.0 Å². The summed E-state index contributed by atoms with van der Waals surface area (Å²) in [6.07, 6.45) is 3.22. The number of nitrogens with one attached hydrogen (secondary N) is 1. The average molecular weight is 438 g/mol. The number of fused-ring (bicyclic) bond motifs is 2. The van der Waals surface area contributed by atoms with Gasteiger partial charge < -0.3 is 15.1 Å². The van der Waals surface area contributed by atoms with Crippen LogP contribution in [0.25, 0.3) is 0 Å². The number of hydrogen-bond acceptors (Lipinski definition) is 3. The number of benzene rings is 2. The van der Waals surface area contributed by atoms with Gasteiger partial charge in [-0.25, -0.2) is 4.39 Å². The highest BCUT2D eigenvalue weighted by Gasteiger charge is 2.46. The Morgan fingerprint density at radius 3 is 2.47 bits per heavy atom. The van der Waals surface area contributed by atoms with Crippen molar-refractivity contribution in [3.05, 3.63) is 71.0 Å². The van der Waals surface area contributed by atoms with Crippen molar-refractivity contribution in [1.29, 1.82) is 0 Å². The first-order chi connectivity index (χ1) is 15.4. The summed E-state index contributed by atoms with van der Waals surface area (Å²) in [6.45, 7) is 2.83. The first kappa shape index (κ1) is 22.5. The molecule has 1 saturated heterocycles. The van der Waals surface area contributed by atoms with Crippen LogP contribution in [-0.2, 0) is 10.2 Å². The number of nitrogens with zero attached hydrogens (tertiary/aromatic N) is 2. The van der Waals surface area contributed by atoms with Gasteiger partial charge in [0.2, 0.25) is 5.91 Å². The van der Waals surface area contributed by atoms with E-state index in [-0.39, 0.29) is 29.0 Å². The van der Waals surface area contributed by atoms with E-state index in [1.807, 2.05) is 19.0 Å². The fourth-order valence-corrected chi connectivity index (χ4v) is 5.31. The van der Waals surface area contributed by atoms with E-state index in [9.17, 15) is 14.0 Å². The van der Waals surface area contributed by atoms with Crippen LogP contribution in [0.3, 0.4) is 0 Å². The Labute approximate surface area is 189 Å². The molecule has 2 aliphatic rings. The zero-order chi connectivity index (χ0) is 22.7. The topological polar surface area (TPSA) is 52.7 Å². The maximum Gasteiger partial charge on any atom is 0.253 e. The van der Waals surface area contributed by atoms with Crippen LogP contribution in [0, 0.1) is 5.82 Å². The van der Waals surface area contributed by atoms with E-state index >= 15 is 0 Å². The molecular weight excluding hydrogens is 405 g/mol. The maximum atomic E-state index is 13.2. The summed E-state index contributed by atoms with van der Waals surface area (Å²) in [5, 5.41) is 3.05. The molecule has 2 aromatic carbocycles. The number of carbonyl (C=O) groups is 2. The summed E-state index contributed by atoms with van der Waals surface area (Å²) in [5.74, 6) is -0.0565. The molecule has 0 unspecified atom stereocenters. The SMILES string of the molecule is CN(C)CCNC(=O)C[C@H]1CC2(CCN(C(=O)c3ccc(F)cc3)CC2)c2ccccc21.